The largest absolute Gasteiger partial charge is 0.492 e. The van der Waals surface area contributed by atoms with Crippen molar-refractivity contribution in [1.29, 1.82) is 0 Å². The van der Waals surface area contributed by atoms with E-state index in [0.29, 0.717) is 41.3 Å². The average molecular weight is 475 g/mol. The molecule has 35 heavy (non-hydrogen) atoms. The van der Waals surface area contributed by atoms with Crippen molar-refractivity contribution in [1.82, 2.24) is 25.4 Å². The highest BCUT2D eigenvalue weighted by molar-refractivity contribution is 5.99. The standard InChI is InChI=1S/C25H26N6O4/c1-16-9-10-18(24(32)30-34-3)13-21(16)29-23-22-17(2)20(14-31(22)28-15-27-23)25(33)26-11-12-35-19-7-5-4-6-8-19/h4-10,13-15H,11-12H2,1-3H3,(H,26,33)(H,30,32)(H,27,28,29). The van der Waals surface area contributed by atoms with Crippen LogP contribution in [-0.4, -0.2) is 46.7 Å². The van der Waals surface area contributed by atoms with Crippen LogP contribution in [0.25, 0.3) is 5.52 Å². The summed E-state index contributed by atoms with van der Waals surface area (Å²) < 4.78 is 7.24. The van der Waals surface area contributed by atoms with Crippen LogP contribution in [0.3, 0.4) is 0 Å². The smallest absolute Gasteiger partial charge is 0.274 e. The molecule has 0 atom stereocenters. The van der Waals surface area contributed by atoms with Gasteiger partial charge in [-0.2, -0.15) is 5.10 Å². The number of nitrogens with zero attached hydrogens (tertiary/aromatic N) is 3. The van der Waals surface area contributed by atoms with E-state index in [0.717, 1.165) is 16.9 Å². The van der Waals surface area contributed by atoms with Crippen molar-refractivity contribution >= 4 is 28.8 Å². The summed E-state index contributed by atoms with van der Waals surface area (Å²) in [5, 5.41) is 10.4. The minimum Gasteiger partial charge on any atom is -0.492 e. The number of amides is 2. The number of ether oxygens (including phenoxy) is 1. The first-order chi connectivity index (χ1) is 17.0. The molecule has 4 aromatic rings. The number of anilines is 2. The number of hydrogen-bond donors (Lipinski definition) is 3. The molecule has 0 aliphatic rings. The molecule has 10 heteroatoms. The SMILES string of the molecule is CONC(=O)c1ccc(C)c(Nc2ncnn3cc(C(=O)NCCOc4ccccc4)c(C)c23)c1. The first kappa shape index (κ1) is 23.7. The number of carbonyl (C=O) groups excluding carboxylic acids is 2. The first-order valence-electron chi connectivity index (χ1n) is 11.0. The Morgan fingerprint density at radius 1 is 1.06 bits per heavy atom. The van der Waals surface area contributed by atoms with Crippen molar-refractivity contribution in [3.05, 3.63) is 83.3 Å². The molecule has 10 nitrogen and oxygen atoms in total. The molecule has 2 heterocycles. The number of aromatic nitrogens is 3. The molecule has 180 valence electrons. The van der Waals surface area contributed by atoms with Crippen molar-refractivity contribution in [3.63, 3.8) is 0 Å². The van der Waals surface area contributed by atoms with Crippen LogP contribution >= 0.6 is 0 Å². The van der Waals surface area contributed by atoms with E-state index in [-0.39, 0.29) is 11.8 Å². The van der Waals surface area contributed by atoms with Crippen molar-refractivity contribution in [2.45, 2.75) is 13.8 Å². The van der Waals surface area contributed by atoms with E-state index in [1.54, 1.807) is 22.8 Å². The van der Waals surface area contributed by atoms with Crippen LogP contribution in [0.2, 0.25) is 0 Å². The molecule has 0 unspecified atom stereocenters. The van der Waals surface area contributed by atoms with Crippen LogP contribution in [0, 0.1) is 13.8 Å². The fourth-order valence-corrected chi connectivity index (χ4v) is 3.60. The number of benzene rings is 2. The van der Waals surface area contributed by atoms with Gasteiger partial charge in [-0.1, -0.05) is 24.3 Å². The van der Waals surface area contributed by atoms with Gasteiger partial charge in [-0.05, 0) is 49.2 Å². The van der Waals surface area contributed by atoms with Crippen LogP contribution in [0.5, 0.6) is 5.75 Å². The molecule has 0 aliphatic carbocycles. The normalized spacial score (nSPS) is 10.7. The van der Waals surface area contributed by atoms with Gasteiger partial charge in [0, 0.05) is 17.4 Å². The second kappa shape index (κ2) is 10.7. The topological polar surface area (TPSA) is 119 Å². The fraction of sp³-hybridized carbons (Fsp3) is 0.200. The van der Waals surface area contributed by atoms with E-state index in [2.05, 4.69) is 26.2 Å². The molecule has 3 N–H and O–H groups in total. The van der Waals surface area contributed by atoms with Crippen LogP contribution < -0.4 is 20.9 Å². The Balaban J connectivity index is 1.51. The number of hydroxylamine groups is 1. The van der Waals surface area contributed by atoms with E-state index >= 15 is 0 Å². The van der Waals surface area contributed by atoms with Gasteiger partial charge < -0.3 is 15.4 Å². The molecule has 0 aliphatic heterocycles. The molecule has 2 aromatic heterocycles. The van der Waals surface area contributed by atoms with Crippen LogP contribution in [0.15, 0.2) is 61.1 Å². The fourth-order valence-electron chi connectivity index (χ4n) is 3.60. The maximum Gasteiger partial charge on any atom is 0.274 e. The van der Waals surface area contributed by atoms with E-state index in [9.17, 15) is 9.59 Å². The number of fused-ring (bicyclic) bond motifs is 1. The van der Waals surface area contributed by atoms with E-state index < -0.39 is 0 Å². The van der Waals surface area contributed by atoms with Crippen molar-refractivity contribution in [3.8, 4) is 5.75 Å². The van der Waals surface area contributed by atoms with Crippen LogP contribution in [-0.2, 0) is 4.84 Å². The highest BCUT2D eigenvalue weighted by Crippen LogP contribution is 2.27. The third-order valence-electron chi connectivity index (χ3n) is 5.42. The predicted molar refractivity (Wildman–Crippen MR) is 131 cm³/mol. The maximum absolute atomic E-state index is 12.8. The molecular formula is C25H26N6O4. The Morgan fingerprint density at radius 2 is 1.86 bits per heavy atom. The second-order valence-corrected chi connectivity index (χ2v) is 7.78. The third kappa shape index (κ3) is 5.39. The average Bonchev–Trinajstić information content (AvgIpc) is 3.21. The summed E-state index contributed by atoms with van der Waals surface area (Å²) in [6.45, 7) is 4.46. The number of hydrogen-bond acceptors (Lipinski definition) is 7. The zero-order valence-electron chi connectivity index (χ0n) is 19.7. The lowest BCUT2D eigenvalue weighted by molar-refractivity contribution is 0.0537. The first-order valence-corrected chi connectivity index (χ1v) is 11.0. The van der Waals surface area contributed by atoms with Crippen molar-refractivity contribution in [2.75, 3.05) is 25.6 Å². The molecule has 0 spiro atoms. The molecule has 0 saturated heterocycles. The minimum atomic E-state index is -0.363. The lowest BCUT2D eigenvalue weighted by Crippen LogP contribution is -2.28. The molecule has 0 radical (unpaired) electrons. The summed E-state index contributed by atoms with van der Waals surface area (Å²) in [5.74, 6) is 0.663. The van der Waals surface area contributed by atoms with Gasteiger partial charge in [0.1, 0.15) is 24.2 Å². The molecule has 0 fully saturated rings. The van der Waals surface area contributed by atoms with Gasteiger partial charge in [0.05, 0.1) is 19.2 Å². The monoisotopic (exact) mass is 474 g/mol. The number of para-hydroxylation sites is 1. The minimum absolute atomic E-state index is 0.231. The van der Waals surface area contributed by atoms with Crippen LogP contribution in [0.4, 0.5) is 11.5 Å². The Morgan fingerprint density at radius 3 is 2.63 bits per heavy atom. The zero-order valence-corrected chi connectivity index (χ0v) is 19.7. The van der Waals surface area contributed by atoms with Gasteiger partial charge in [0.2, 0.25) is 0 Å². The van der Waals surface area contributed by atoms with Gasteiger partial charge in [0.15, 0.2) is 5.82 Å². The summed E-state index contributed by atoms with van der Waals surface area (Å²) in [4.78, 5) is 34.1. The molecule has 0 bridgehead atoms. The Kier molecular flexibility index (Phi) is 7.22. The lowest BCUT2D eigenvalue weighted by atomic mass is 10.1. The Bertz CT molecular complexity index is 1350. The van der Waals surface area contributed by atoms with Gasteiger partial charge in [-0.3, -0.25) is 14.4 Å². The Hall–Kier alpha value is -4.44. The summed E-state index contributed by atoms with van der Waals surface area (Å²) in [6, 6.07) is 14.7. The van der Waals surface area contributed by atoms with E-state index in [4.69, 9.17) is 9.57 Å². The van der Waals surface area contributed by atoms with Crippen molar-refractivity contribution in [2.24, 2.45) is 0 Å². The highest BCUT2D eigenvalue weighted by atomic mass is 16.6. The number of rotatable bonds is 9. The quantitative estimate of drug-likeness (QED) is 0.252. The summed E-state index contributed by atoms with van der Waals surface area (Å²) in [7, 11) is 1.38. The van der Waals surface area contributed by atoms with Gasteiger partial charge >= 0.3 is 0 Å². The number of carbonyl (C=O) groups is 2. The summed E-state index contributed by atoms with van der Waals surface area (Å²) in [5.41, 5.74) is 6.20. The molecule has 0 saturated carbocycles. The van der Waals surface area contributed by atoms with E-state index in [1.165, 1.54) is 13.4 Å². The van der Waals surface area contributed by atoms with E-state index in [1.807, 2.05) is 50.2 Å². The number of aryl methyl sites for hydroxylation is 2. The molecule has 2 aromatic carbocycles. The highest BCUT2D eigenvalue weighted by Gasteiger charge is 2.18. The predicted octanol–water partition coefficient (Wildman–Crippen LogP) is 3.19. The second-order valence-electron chi connectivity index (χ2n) is 7.78. The third-order valence-corrected chi connectivity index (χ3v) is 5.42. The maximum atomic E-state index is 12.8. The molecule has 2 amide bonds. The summed E-state index contributed by atoms with van der Waals surface area (Å²) in [6.07, 6.45) is 3.07. The zero-order chi connectivity index (χ0) is 24.8. The molecule has 4 rings (SSSR count). The summed E-state index contributed by atoms with van der Waals surface area (Å²) >= 11 is 0. The lowest BCUT2D eigenvalue weighted by Gasteiger charge is -2.12. The van der Waals surface area contributed by atoms with Crippen LogP contribution in [0.1, 0.15) is 31.8 Å². The number of nitrogens with one attached hydrogen (secondary N) is 3. The van der Waals surface area contributed by atoms with Gasteiger partial charge in [-0.15, -0.1) is 0 Å². The van der Waals surface area contributed by atoms with Gasteiger partial charge in [0.25, 0.3) is 11.8 Å². The van der Waals surface area contributed by atoms with Crippen molar-refractivity contribution < 1.29 is 19.2 Å². The molecular weight excluding hydrogens is 448 g/mol. The van der Waals surface area contributed by atoms with Gasteiger partial charge in [-0.25, -0.2) is 15.0 Å². The Labute approximate surface area is 202 Å².